The van der Waals surface area contributed by atoms with Crippen molar-refractivity contribution in [3.05, 3.63) is 0 Å². The minimum Gasteiger partial charge on any atom is -0.379 e. The van der Waals surface area contributed by atoms with Crippen LogP contribution in [-0.4, -0.2) is 63.9 Å². The number of ether oxygens (including phenoxy) is 2. The van der Waals surface area contributed by atoms with Gasteiger partial charge in [-0.3, -0.25) is 9.11 Å². The van der Waals surface area contributed by atoms with Crippen LogP contribution in [0.5, 0.6) is 0 Å². The molecule has 0 rings (SSSR count). The molecule has 0 unspecified atom stereocenters. The topological polar surface area (TPSA) is 127 Å². The first-order valence-corrected chi connectivity index (χ1v) is 9.48. The zero-order valence-electron chi connectivity index (χ0n) is 11.2. The summed E-state index contributed by atoms with van der Waals surface area (Å²) in [5.41, 5.74) is 0. The number of hydrogen-bond donors (Lipinski definition) is 2. The second kappa shape index (κ2) is 10.5. The van der Waals surface area contributed by atoms with Crippen molar-refractivity contribution >= 4 is 20.2 Å². The minimum atomic E-state index is -3.89. The smallest absolute Gasteiger partial charge is 0.264 e. The van der Waals surface area contributed by atoms with E-state index in [1.54, 1.807) is 0 Å². The summed E-state index contributed by atoms with van der Waals surface area (Å²) in [5, 5.41) is 0. The maximum absolute atomic E-state index is 10.4. The summed E-state index contributed by atoms with van der Waals surface area (Å²) in [6, 6.07) is 0. The van der Waals surface area contributed by atoms with Gasteiger partial charge in [0.25, 0.3) is 20.2 Å². The second-order valence-electron chi connectivity index (χ2n) is 4.21. The molecule has 0 aromatic rings. The molecule has 0 heterocycles. The first-order chi connectivity index (χ1) is 9.21. The van der Waals surface area contributed by atoms with E-state index in [2.05, 4.69) is 0 Å². The monoisotopic (exact) mass is 334 g/mol. The molecular formula is C10H22O8S2. The number of rotatable bonds is 13. The van der Waals surface area contributed by atoms with Crippen molar-refractivity contribution in [1.29, 1.82) is 0 Å². The van der Waals surface area contributed by atoms with Crippen LogP contribution in [0.25, 0.3) is 0 Å². The Kier molecular flexibility index (Phi) is 10.3. The molecule has 0 aliphatic rings. The molecular weight excluding hydrogens is 312 g/mol. The average Bonchev–Trinajstić information content (AvgIpc) is 2.27. The first kappa shape index (κ1) is 19.7. The Morgan fingerprint density at radius 3 is 1.25 bits per heavy atom. The molecule has 2 N–H and O–H groups in total. The van der Waals surface area contributed by atoms with Crippen LogP contribution in [0.15, 0.2) is 0 Å². The largest absolute Gasteiger partial charge is 0.379 e. The van der Waals surface area contributed by atoms with Crippen molar-refractivity contribution in [2.24, 2.45) is 0 Å². The van der Waals surface area contributed by atoms with E-state index in [1.165, 1.54) is 0 Å². The predicted octanol–water partition coefficient (Wildman–Crippen LogP) is 0.356. The van der Waals surface area contributed by atoms with Crippen molar-refractivity contribution < 1.29 is 35.4 Å². The molecule has 0 amide bonds. The SMILES string of the molecule is O=S(=O)(O)CCCCOCCOCCCCS(=O)(=O)O. The third kappa shape index (κ3) is 17.7. The lowest BCUT2D eigenvalue weighted by Gasteiger charge is -2.05. The Labute approximate surface area is 120 Å². The van der Waals surface area contributed by atoms with E-state index in [9.17, 15) is 16.8 Å². The quantitative estimate of drug-likeness (QED) is 0.365. The van der Waals surface area contributed by atoms with Crippen LogP contribution in [0.2, 0.25) is 0 Å². The molecule has 122 valence electrons. The zero-order valence-corrected chi connectivity index (χ0v) is 12.9. The van der Waals surface area contributed by atoms with E-state index in [-0.39, 0.29) is 11.5 Å². The fourth-order valence-corrected chi connectivity index (χ4v) is 2.44. The van der Waals surface area contributed by atoms with E-state index in [0.29, 0.717) is 52.1 Å². The minimum absolute atomic E-state index is 0.263. The fraction of sp³-hybridized carbons (Fsp3) is 1.00. The maximum atomic E-state index is 10.4. The highest BCUT2D eigenvalue weighted by Crippen LogP contribution is 1.96. The highest BCUT2D eigenvalue weighted by molar-refractivity contribution is 7.86. The van der Waals surface area contributed by atoms with Gasteiger partial charge in [0.15, 0.2) is 0 Å². The summed E-state index contributed by atoms with van der Waals surface area (Å²) in [6.07, 6.45) is 1.76. The number of unbranched alkanes of at least 4 members (excludes halogenated alkanes) is 2. The highest BCUT2D eigenvalue weighted by atomic mass is 32.2. The van der Waals surface area contributed by atoms with Crippen LogP contribution in [0, 0.1) is 0 Å². The fourth-order valence-electron chi connectivity index (χ4n) is 1.30. The van der Waals surface area contributed by atoms with Crippen LogP contribution in [0.3, 0.4) is 0 Å². The molecule has 0 saturated heterocycles. The maximum Gasteiger partial charge on any atom is 0.264 e. The van der Waals surface area contributed by atoms with Gasteiger partial charge < -0.3 is 9.47 Å². The van der Waals surface area contributed by atoms with Crippen LogP contribution in [-0.2, 0) is 29.7 Å². The molecule has 0 bridgehead atoms. The van der Waals surface area contributed by atoms with Crippen molar-refractivity contribution in [3.8, 4) is 0 Å². The molecule has 0 spiro atoms. The molecule has 10 heteroatoms. The second-order valence-corrected chi connectivity index (χ2v) is 7.36. The van der Waals surface area contributed by atoms with Crippen molar-refractivity contribution in [1.82, 2.24) is 0 Å². The van der Waals surface area contributed by atoms with Crippen LogP contribution in [0.1, 0.15) is 25.7 Å². The van der Waals surface area contributed by atoms with E-state index in [1.807, 2.05) is 0 Å². The van der Waals surface area contributed by atoms with Gasteiger partial charge in [0.2, 0.25) is 0 Å². The van der Waals surface area contributed by atoms with Gasteiger partial charge in [-0.25, -0.2) is 0 Å². The van der Waals surface area contributed by atoms with Gasteiger partial charge in [0.05, 0.1) is 24.7 Å². The van der Waals surface area contributed by atoms with Gasteiger partial charge in [-0.05, 0) is 25.7 Å². The van der Waals surface area contributed by atoms with Crippen molar-refractivity contribution in [3.63, 3.8) is 0 Å². The van der Waals surface area contributed by atoms with Gasteiger partial charge in [0, 0.05) is 13.2 Å². The normalized spacial score (nSPS) is 12.7. The number of hydrogen-bond acceptors (Lipinski definition) is 6. The summed E-state index contributed by atoms with van der Waals surface area (Å²) >= 11 is 0. The standard InChI is InChI=1S/C10H22O8S2/c11-19(12,13)9-3-1-5-17-7-8-18-6-2-4-10-20(14,15)16/h1-10H2,(H,11,12,13)(H,14,15,16). The molecule has 0 atom stereocenters. The summed E-state index contributed by atoms with van der Waals surface area (Å²) in [6.45, 7) is 1.51. The molecule has 0 aromatic heterocycles. The summed E-state index contributed by atoms with van der Waals surface area (Å²) < 4.78 is 68.9. The van der Waals surface area contributed by atoms with Crippen LogP contribution in [0.4, 0.5) is 0 Å². The summed E-state index contributed by atoms with van der Waals surface area (Å²) in [4.78, 5) is 0. The molecule has 0 saturated carbocycles. The Bertz CT molecular complexity index is 386. The summed E-state index contributed by atoms with van der Waals surface area (Å²) in [7, 11) is -7.77. The molecule has 0 aromatic carbocycles. The van der Waals surface area contributed by atoms with Gasteiger partial charge >= 0.3 is 0 Å². The zero-order chi connectivity index (χ0) is 15.5. The van der Waals surface area contributed by atoms with Crippen molar-refractivity contribution in [2.75, 3.05) is 37.9 Å². The van der Waals surface area contributed by atoms with Crippen molar-refractivity contribution in [2.45, 2.75) is 25.7 Å². The van der Waals surface area contributed by atoms with E-state index < -0.39 is 20.2 Å². The lowest BCUT2D eigenvalue weighted by atomic mass is 10.3. The lowest BCUT2D eigenvalue weighted by molar-refractivity contribution is 0.0458. The van der Waals surface area contributed by atoms with Gasteiger partial charge in [-0.2, -0.15) is 16.8 Å². The molecule has 0 fully saturated rings. The lowest BCUT2D eigenvalue weighted by Crippen LogP contribution is -2.09. The average molecular weight is 334 g/mol. The Hall–Kier alpha value is -0.260. The third-order valence-electron chi connectivity index (χ3n) is 2.25. The Morgan fingerprint density at radius 1 is 0.600 bits per heavy atom. The molecule has 0 aliphatic heterocycles. The van der Waals surface area contributed by atoms with Gasteiger partial charge in [0.1, 0.15) is 0 Å². The molecule has 0 radical (unpaired) electrons. The molecule has 8 nitrogen and oxygen atoms in total. The summed E-state index contributed by atoms with van der Waals surface area (Å²) in [5.74, 6) is -0.527. The van der Waals surface area contributed by atoms with E-state index >= 15 is 0 Å². The Morgan fingerprint density at radius 2 is 0.950 bits per heavy atom. The van der Waals surface area contributed by atoms with Gasteiger partial charge in [-0.1, -0.05) is 0 Å². The molecule has 20 heavy (non-hydrogen) atoms. The first-order valence-electron chi connectivity index (χ1n) is 6.26. The molecule has 0 aliphatic carbocycles. The van der Waals surface area contributed by atoms with Gasteiger partial charge in [-0.15, -0.1) is 0 Å². The van der Waals surface area contributed by atoms with E-state index in [4.69, 9.17) is 18.6 Å². The highest BCUT2D eigenvalue weighted by Gasteiger charge is 2.04. The van der Waals surface area contributed by atoms with E-state index in [0.717, 1.165) is 0 Å². The third-order valence-corrected chi connectivity index (χ3v) is 3.86. The predicted molar refractivity (Wildman–Crippen MR) is 72.9 cm³/mol. The van der Waals surface area contributed by atoms with Crippen LogP contribution < -0.4 is 0 Å². The van der Waals surface area contributed by atoms with Crippen LogP contribution >= 0.6 is 0 Å². The Balaban J connectivity index is 3.18.